The van der Waals surface area contributed by atoms with Crippen molar-refractivity contribution in [3.05, 3.63) is 23.0 Å². The van der Waals surface area contributed by atoms with Crippen molar-refractivity contribution in [1.29, 1.82) is 0 Å². The van der Waals surface area contributed by atoms with Gasteiger partial charge in [-0.15, -0.1) is 0 Å². The number of aryl methyl sites for hydroxylation is 1. The summed E-state index contributed by atoms with van der Waals surface area (Å²) in [5.74, 6) is -0.218. The molecule has 0 amide bonds. The van der Waals surface area contributed by atoms with Crippen molar-refractivity contribution in [2.45, 2.75) is 32.1 Å². The fraction of sp³-hybridized carbons (Fsp3) is 0.545. The van der Waals surface area contributed by atoms with Crippen LogP contribution in [-0.2, 0) is 17.6 Å². The first-order valence-electron chi connectivity index (χ1n) is 5.10. The Hall–Kier alpha value is -1.25. The van der Waals surface area contributed by atoms with Gasteiger partial charge in [-0.25, -0.2) is 4.79 Å². The second kappa shape index (κ2) is 3.86. The molecule has 1 heterocycles. The zero-order valence-electron chi connectivity index (χ0n) is 8.43. The number of carbonyl (C=O) groups excluding carboxylic acids is 1. The third kappa shape index (κ3) is 1.54. The predicted molar refractivity (Wildman–Crippen MR) is 53.4 cm³/mol. The van der Waals surface area contributed by atoms with Crippen molar-refractivity contribution < 1.29 is 9.53 Å². The van der Waals surface area contributed by atoms with Gasteiger partial charge in [0.05, 0.1) is 12.7 Å². The number of hydrogen-bond donors (Lipinski definition) is 1. The lowest BCUT2D eigenvalue weighted by molar-refractivity contribution is 0.0599. The van der Waals surface area contributed by atoms with Gasteiger partial charge in [0.2, 0.25) is 0 Å². The fourth-order valence-corrected chi connectivity index (χ4v) is 2.08. The standard InChI is InChI=1S/C11H15NO2/c1-14-11(13)9-7-12-10-6-4-2-3-5-8(9)10/h7,12H,2-6H2,1H3. The van der Waals surface area contributed by atoms with E-state index in [1.54, 1.807) is 6.20 Å². The van der Waals surface area contributed by atoms with Crippen LogP contribution in [-0.4, -0.2) is 18.1 Å². The second-order valence-corrected chi connectivity index (χ2v) is 3.71. The van der Waals surface area contributed by atoms with Gasteiger partial charge in [0.1, 0.15) is 0 Å². The number of esters is 1. The van der Waals surface area contributed by atoms with Crippen molar-refractivity contribution in [2.75, 3.05) is 7.11 Å². The Morgan fingerprint density at radius 2 is 2.14 bits per heavy atom. The summed E-state index contributed by atoms with van der Waals surface area (Å²) < 4.78 is 4.74. The van der Waals surface area contributed by atoms with E-state index in [1.165, 1.54) is 37.6 Å². The van der Waals surface area contributed by atoms with Crippen LogP contribution < -0.4 is 0 Å². The molecule has 1 aromatic rings. The van der Waals surface area contributed by atoms with E-state index in [9.17, 15) is 4.79 Å². The first-order valence-corrected chi connectivity index (χ1v) is 5.10. The topological polar surface area (TPSA) is 42.1 Å². The van der Waals surface area contributed by atoms with Gasteiger partial charge in [-0.2, -0.15) is 0 Å². The van der Waals surface area contributed by atoms with Gasteiger partial charge in [0.15, 0.2) is 0 Å². The van der Waals surface area contributed by atoms with E-state index in [1.807, 2.05) is 0 Å². The number of nitrogens with one attached hydrogen (secondary N) is 1. The van der Waals surface area contributed by atoms with Gasteiger partial charge in [-0.05, 0) is 31.2 Å². The third-order valence-corrected chi connectivity index (χ3v) is 2.84. The molecule has 14 heavy (non-hydrogen) atoms. The van der Waals surface area contributed by atoms with E-state index in [4.69, 9.17) is 4.74 Å². The zero-order valence-corrected chi connectivity index (χ0v) is 8.43. The van der Waals surface area contributed by atoms with Crippen molar-refractivity contribution >= 4 is 5.97 Å². The Bertz CT molecular complexity index is 341. The number of carbonyl (C=O) groups is 1. The lowest BCUT2D eigenvalue weighted by Gasteiger charge is -2.01. The normalized spacial score (nSPS) is 15.8. The number of methoxy groups -OCH3 is 1. The Balaban J connectivity index is 2.34. The first kappa shape index (κ1) is 9.31. The minimum absolute atomic E-state index is 0.218. The molecule has 0 fully saturated rings. The number of aromatic amines is 1. The van der Waals surface area contributed by atoms with Crippen LogP contribution in [0.5, 0.6) is 0 Å². The van der Waals surface area contributed by atoms with Crippen molar-refractivity contribution in [3.8, 4) is 0 Å². The van der Waals surface area contributed by atoms with Gasteiger partial charge in [0, 0.05) is 11.9 Å². The molecule has 1 N–H and O–H groups in total. The van der Waals surface area contributed by atoms with Crippen molar-refractivity contribution in [2.24, 2.45) is 0 Å². The molecule has 3 heteroatoms. The molecule has 3 nitrogen and oxygen atoms in total. The quantitative estimate of drug-likeness (QED) is 0.548. The van der Waals surface area contributed by atoms with Crippen LogP contribution >= 0.6 is 0 Å². The minimum Gasteiger partial charge on any atom is -0.465 e. The summed E-state index contributed by atoms with van der Waals surface area (Å²) in [7, 11) is 1.43. The molecule has 0 radical (unpaired) electrons. The molecular weight excluding hydrogens is 178 g/mol. The Kier molecular flexibility index (Phi) is 2.57. The lowest BCUT2D eigenvalue weighted by atomic mass is 10.1. The third-order valence-electron chi connectivity index (χ3n) is 2.84. The summed E-state index contributed by atoms with van der Waals surface area (Å²) in [6, 6.07) is 0. The number of H-pyrrole nitrogens is 1. The highest BCUT2D eigenvalue weighted by Crippen LogP contribution is 2.23. The Labute approximate surface area is 83.5 Å². The Morgan fingerprint density at radius 3 is 2.93 bits per heavy atom. The lowest BCUT2D eigenvalue weighted by Crippen LogP contribution is -2.03. The van der Waals surface area contributed by atoms with Crippen LogP contribution in [0.4, 0.5) is 0 Å². The zero-order chi connectivity index (χ0) is 9.97. The number of hydrogen-bond acceptors (Lipinski definition) is 2. The van der Waals surface area contributed by atoms with E-state index in [2.05, 4.69) is 4.98 Å². The van der Waals surface area contributed by atoms with Crippen molar-refractivity contribution in [3.63, 3.8) is 0 Å². The highest BCUT2D eigenvalue weighted by atomic mass is 16.5. The van der Waals surface area contributed by atoms with Crippen LogP contribution in [0.25, 0.3) is 0 Å². The molecule has 0 saturated heterocycles. The molecule has 0 aliphatic heterocycles. The SMILES string of the molecule is COC(=O)c1c[nH]c2c1CCCCC2. The maximum absolute atomic E-state index is 11.4. The molecule has 0 saturated carbocycles. The fourth-order valence-electron chi connectivity index (χ4n) is 2.08. The van der Waals surface area contributed by atoms with Crippen LogP contribution in [0.15, 0.2) is 6.20 Å². The number of fused-ring (bicyclic) bond motifs is 1. The molecule has 0 aromatic carbocycles. The van der Waals surface area contributed by atoms with Crippen molar-refractivity contribution in [1.82, 2.24) is 4.98 Å². The molecule has 76 valence electrons. The van der Waals surface area contributed by atoms with Gasteiger partial charge in [0.25, 0.3) is 0 Å². The van der Waals surface area contributed by atoms with Crippen LogP contribution in [0.1, 0.15) is 40.9 Å². The Morgan fingerprint density at radius 1 is 1.36 bits per heavy atom. The largest absolute Gasteiger partial charge is 0.465 e. The van der Waals surface area contributed by atoms with Crippen LogP contribution in [0.2, 0.25) is 0 Å². The predicted octanol–water partition coefficient (Wildman–Crippen LogP) is 2.07. The second-order valence-electron chi connectivity index (χ2n) is 3.71. The number of rotatable bonds is 1. The highest BCUT2D eigenvalue weighted by Gasteiger charge is 2.18. The summed E-state index contributed by atoms with van der Waals surface area (Å²) in [5.41, 5.74) is 3.13. The molecule has 1 aliphatic rings. The van der Waals surface area contributed by atoms with E-state index < -0.39 is 0 Å². The van der Waals surface area contributed by atoms with E-state index in [0.29, 0.717) is 0 Å². The number of aromatic nitrogens is 1. The molecule has 1 aromatic heterocycles. The van der Waals surface area contributed by atoms with Gasteiger partial charge in [-0.3, -0.25) is 0 Å². The molecule has 0 unspecified atom stereocenters. The summed E-state index contributed by atoms with van der Waals surface area (Å²) >= 11 is 0. The van der Waals surface area contributed by atoms with Gasteiger partial charge < -0.3 is 9.72 Å². The van der Waals surface area contributed by atoms with Gasteiger partial charge >= 0.3 is 5.97 Å². The first-order chi connectivity index (χ1) is 6.83. The summed E-state index contributed by atoms with van der Waals surface area (Å²) in [5, 5.41) is 0. The molecule has 0 spiro atoms. The summed E-state index contributed by atoms with van der Waals surface area (Å²) in [4.78, 5) is 14.6. The average Bonchev–Trinajstić information content (AvgIpc) is 2.46. The maximum atomic E-state index is 11.4. The van der Waals surface area contributed by atoms with Crippen LogP contribution in [0, 0.1) is 0 Å². The summed E-state index contributed by atoms with van der Waals surface area (Å²) in [6.07, 6.45) is 7.49. The molecule has 0 bridgehead atoms. The van der Waals surface area contributed by atoms with Crippen LogP contribution in [0.3, 0.4) is 0 Å². The molecule has 0 atom stereocenters. The van der Waals surface area contributed by atoms with E-state index in [0.717, 1.165) is 18.4 Å². The van der Waals surface area contributed by atoms with Gasteiger partial charge in [-0.1, -0.05) is 6.42 Å². The summed E-state index contributed by atoms with van der Waals surface area (Å²) in [6.45, 7) is 0. The highest BCUT2D eigenvalue weighted by molar-refractivity contribution is 5.91. The monoisotopic (exact) mass is 193 g/mol. The molecule has 2 rings (SSSR count). The average molecular weight is 193 g/mol. The number of ether oxygens (including phenoxy) is 1. The maximum Gasteiger partial charge on any atom is 0.339 e. The van der Waals surface area contributed by atoms with E-state index in [-0.39, 0.29) is 5.97 Å². The van der Waals surface area contributed by atoms with E-state index >= 15 is 0 Å². The molecule has 1 aliphatic carbocycles. The molecular formula is C11H15NO2. The smallest absolute Gasteiger partial charge is 0.339 e. The minimum atomic E-state index is -0.218.